The van der Waals surface area contributed by atoms with E-state index in [2.05, 4.69) is 0 Å². The van der Waals surface area contributed by atoms with E-state index >= 15 is 0 Å². The fraction of sp³-hybridized carbons (Fsp3) is 0. The Morgan fingerprint density at radius 3 is 2.64 bits per heavy atom. The second-order valence-electron chi connectivity index (χ2n) is 2.85. The molecule has 70 valence electrons. The third-order valence-corrected chi connectivity index (χ3v) is 2.66. The highest BCUT2D eigenvalue weighted by Gasteiger charge is 2.04. The molecule has 0 spiro atoms. The minimum Gasteiger partial charge on any atom is -0.545 e. The lowest BCUT2D eigenvalue weighted by molar-refractivity contribution is -0.254. The number of hydrogen-bond donors (Lipinski definition) is 0. The van der Waals surface area contributed by atoms with E-state index in [1.807, 2.05) is 22.9 Å². The quantitative estimate of drug-likeness (QED) is 0.746. The van der Waals surface area contributed by atoms with Gasteiger partial charge in [0, 0.05) is 5.56 Å². The Morgan fingerprint density at radius 2 is 2.00 bits per heavy atom. The fourth-order valence-electron chi connectivity index (χ4n) is 1.33. The Bertz CT molecular complexity index is 446. The molecule has 0 saturated carbocycles. The Labute approximate surface area is 85.4 Å². The van der Waals surface area contributed by atoms with Crippen LogP contribution in [0.1, 0.15) is 10.4 Å². The molecule has 1 aromatic heterocycles. The monoisotopic (exact) mass is 203 g/mol. The van der Waals surface area contributed by atoms with Crippen LogP contribution in [0.15, 0.2) is 41.1 Å². The normalized spacial score (nSPS) is 10.0. The lowest BCUT2D eigenvalue weighted by Gasteiger charge is -2.07. The number of benzene rings is 1. The lowest BCUT2D eigenvalue weighted by atomic mass is 10.0. The van der Waals surface area contributed by atoms with Crippen molar-refractivity contribution in [2.45, 2.75) is 0 Å². The Kier molecular flexibility index (Phi) is 2.33. The lowest BCUT2D eigenvalue weighted by Crippen LogP contribution is -2.22. The van der Waals surface area contributed by atoms with Gasteiger partial charge in [-0.2, -0.15) is 11.3 Å². The summed E-state index contributed by atoms with van der Waals surface area (Å²) in [6, 6.07) is 8.75. The third kappa shape index (κ3) is 1.54. The van der Waals surface area contributed by atoms with Crippen molar-refractivity contribution in [1.82, 2.24) is 0 Å². The van der Waals surface area contributed by atoms with Crippen molar-refractivity contribution in [1.29, 1.82) is 0 Å². The summed E-state index contributed by atoms with van der Waals surface area (Å²) in [4.78, 5) is 10.8. The molecule has 0 fully saturated rings. The second-order valence-corrected chi connectivity index (χ2v) is 3.63. The minimum atomic E-state index is -1.13. The summed E-state index contributed by atoms with van der Waals surface area (Å²) in [6.45, 7) is 0. The first-order valence-corrected chi connectivity index (χ1v) is 5.06. The van der Waals surface area contributed by atoms with Crippen LogP contribution in [-0.4, -0.2) is 5.97 Å². The van der Waals surface area contributed by atoms with Crippen molar-refractivity contribution in [3.63, 3.8) is 0 Å². The topological polar surface area (TPSA) is 40.1 Å². The van der Waals surface area contributed by atoms with Gasteiger partial charge in [-0.25, -0.2) is 0 Å². The van der Waals surface area contributed by atoms with Crippen molar-refractivity contribution in [2.24, 2.45) is 0 Å². The zero-order chi connectivity index (χ0) is 9.97. The summed E-state index contributed by atoms with van der Waals surface area (Å²) in [5, 5.41) is 14.6. The van der Waals surface area contributed by atoms with Crippen molar-refractivity contribution >= 4 is 17.3 Å². The molecule has 14 heavy (non-hydrogen) atoms. The summed E-state index contributed by atoms with van der Waals surface area (Å²) in [6.07, 6.45) is 0. The van der Waals surface area contributed by atoms with E-state index in [0.29, 0.717) is 5.56 Å². The first kappa shape index (κ1) is 8.97. The summed E-state index contributed by atoms with van der Waals surface area (Å²) < 4.78 is 0. The van der Waals surface area contributed by atoms with E-state index in [4.69, 9.17) is 0 Å². The number of carbonyl (C=O) groups excluding carboxylic acids is 1. The first-order valence-electron chi connectivity index (χ1n) is 4.12. The van der Waals surface area contributed by atoms with E-state index in [-0.39, 0.29) is 5.56 Å². The molecule has 0 unspecified atom stereocenters. The van der Waals surface area contributed by atoms with Crippen LogP contribution in [0.5, 0.6) is 0 Å². The molecule has 0 radical (unpaired) electrons. The molecule has 0 aliphatic rings. The average molecular weight is 203 g/mol. The number of aromatic carboxylic acids is 1. The van der Waals surface area contributed by atoms with Gasteiger partial charge < -0.3 is 9.90 Å². The van der Waals surface area contributed by atoms with Gasteiger partial charge in [-0.05, 0) is 28.0 Å². The van der Waals surface area contributed by atoms with E-state index in [1.54, 1.807) is 29.5 Å². The Morgan fingerprint density at radius 1 is 1.21 bits per heavy atom. The smallest absolute Gasteiger partial charge is 0.0721 e. The largest absolute Gasteiger partial charge is 0.545 e. The van der Waals surface area contributed by atoms with Gasteiger partial charge >= 0.3 is 0 Å². The molecular formula is C11H7O2S-. The maximum atomic E-state index is 10.8. The van der Waals surface area contributed by atoms with Crippen LogP contribution in [0.3, 0.4) is 0 Å². The molecule has 0 N–H and O–H groups in total. The molecule has 1 aromatic carbocycles. The average Bonchev–Trinajstić information content (AvgIpc) is 2.70. The highest BCUT2D eigenvalue weighted by atomic mass is 32.1. The second kappa shape index (κ2) is 3.64. The van der Waals surface area contributed by atoms with Gasteiger partial charge in [-0.15, -0.1) is 0 Å². The molecule has 0 aliphatic heterocycles. The van der Waals surface area contributed by atoms with Crippen LogP contribution in [0.2, 0.25) is 0 Å². The van der Waals surface area contributed by atoms with Gasteiger partial charge in [-0.3, -0.25) is 0 Å². The van der Waals surface area contributed by atoms with Gasteiger partial charge in [0.1, 0.15) is 0 Å². The summed E-state index contributed by atoms with van der Waals surface area (Å²) in [5.74, 6) is -1.13. The van der Waals surface area contributed by atoms with E-state index < -0.39 is 5.97 Å². The van der Waals surface area contributed by atoms with E-state index in [0.717, 1.165) is 5.56 Å². The highest BCUT2D eigenvalue weighted by molar-refractivity contribution is 7.08. The zero-order valence-electron chi connectivity index (χ0n) is 7.27. The van der Waals surface area contributed by atoms with Crippen LogP contribution in [0.4, 0.5) is 0 Å². The molecule has 2 nitrogen and oxygen atoms in total. The number of thiophene rings is 1. The van der Waals surface area contributed by atoms with Crippen molar-refractivity contribution in [3.8, 4) is 11.1 Å². The van der Waals surface area contributed by atoms with Crippen molar-refractivity contribution < 1.29 is 9.90 Å². The number of carbonyl (C=O) groups is 1. The Balaban J connectivity index is 2.58. The predicted octanol–water partition coefficient (Wildman–Crippen LogP) is 1.78. The standard InChI is InChI=1S/C11H8O2S/c12-11(13)10-4-2-1-3-9(10)8-5-6-14-7-8/h1-7H,(H,12,13)/p-1. The number of carboxylic acids is 1. The molecule has 0 amide bonds. The summed E-state index contributed by atoms with van der Waals surface area (Å²) >= 11 is 1.54. The van der Waals surface area contributed by atoms with Gasteiger partial charge in [0.2, 0.25) is 0 Å². The molecule has 1 heterocycles. The molecule has 0 aliphatic carbocycles. The maximum absolute atomic E-state index is 10.8. The van der Waals surface area contributed by atoms with Gasteiger partial charge in [0.15, 0.2) is 0 Å². The number of carboxylic acid groups (broad SMARTS) is 1. The molecule has 0 atom stereocenters. The van der Waals surface area contributed by atoms with E-state index in [9.17, 15) is 9.90 Å². The Hall–Kier alpha value is -1.61. The van der Waals surface area contributed by atoms with Gasteiger partial charge in [0.25, 0.3) is 0 Å². The highest BCUT2D eigenvalue weighted by Crippen LogP contribution is 2.25. The molecule has 0 saturated heterocycles. The molecular weight excluding hydrogens is 196 g/mol. The molecule has 0 bridgehead atoms. The zero-order valence-corrected chi connectivity index (χ0v) is 8.08. The minimum absolute atomic E-state index is 0.242. The van der Waals surface area contributed by atoms with Crippen molar-refractivity contribution in [3.05, 3.63) is 46.7 Å². The number of hydrogen-bond acceptors (Lipinski definition) is 3. The molecule has 2 aromatic rings. The molecule has 2 rings (SSSR count). The summed E-state index contributed by atoms with van der Waals surface area (Å²) in [7, 11) is 0. The fourth-order valence-corrected chi connectivity index (χ4v) is 1.99. The van der Waals surface area contributed by atoms with Crippen LogP contribution in [0, 0.1) is 0 Å². The maximum Gasteiger partial charge on any atom is 0.0721 e. The van der Waals surface area contributed by atoms with Gasteiger partial charge in [-0.1, -0.05) is 24.3 Å². The summed E-state index contributed by atoms with van der Waals surface area (Å²) in [5.41, 5.74) is 1.88. The van der Waals surface area contributed by atoms with Crippen molar-refractivity contribution in [2.75, 3.05) is 0 Å². The first-order chi connectivity index (χ1) is 6.79. The van der Waals surface area contributed by atoms with Crippen LogP contribution in [-0.2, 0) is 0 Å². The van der Waals surface area contributed by atoms with Crippen LogP contribution < -0.4 is 5.11 Å². The SMILES string of the molecule is O=C([O-])c1ccccc1-c1ccsc1. The predicted molar refractivity (Wildman–Crippen MR) is 54.1 cm³/mol. The van der Waals surface area contributed by atoms with Crippen LogP contribution in [0.25, 0.3) is 11.1 Å². The van der Waals surface area contributed by atoms with E-state index in [1.165, 1.54) is 0 Å². The number of rotatable bonds is 2. The van der Waals surface area contributed by atoms with Gasteiger partial charge in [0.05, 0.1) is 5.97 Å². The molecule has 3 heteroatoms. The third-order valence-electron chi connectivity index (χ3n) is 1.98. The van der Waals surface area contributed by atoms with Crippen LogP contribution >= 0.6 is 11.3 Å².